The molecule has 5 heteroatoms. The van der Waals surface area contributed by atoms with Crippen molar-refractivity contribution in [2.75, 3.05) is 0 Å². The Bertz CT molecular complexity index is 632. The molecule has 0 saturated heterocycles. The maximum absolute atomic E-state index is 14.4. The Morgan fingerprint density at radius 2 is 1.92 bits per heavy atom. The summed E-state index contributed by atoms with van der Waals surface area (Å²) in [6, 6.07) is -0.485. The summed E-state index contributed by atoms with van der Waals surface area (Å²) < 4.78 is 14.4. The Kier molecular flexibility index (Phi) is 3.49. The van der Waals surface area contributed by atoms with Crippen LogP contribution in [0.3, 0.4) is 0 Å². The number of rotatable bonds is 0. The minimum atomic E-state index is -1.03. The summed E-state index contributed by atoms with van der Waals surface area (Å²) in [6.45, 7) is 4.18. The topological polar surface area (TPSA) is 86.7 Å². The lowest BCUT2D eigenvalue weighted by Gasteiger charge is -2.55. The van der Waals surface area contributed by atoms with Crippen LogP contribution in [0.1, 0.15) is 46.0 Å². The first-order valence-electron chi connectivity index (χ1n) is 9.08. The first-order chi connectivity index (χ1) is 11.2. The van der Waals surface area contributed by atoms with Gasteiger partial charge in [0.1, 0.15) is 11.9 Å². The van der Waals surface area contributed by atoms with Crippen LogP contribution in [-0.4, -0.2) is 39.7 Å². The lowest BCUT2D eigenvalue weighted by molar-refractivity contribution is -0.0450. The van der Waals surface area contributed by atoms with E-state index in [-0.39, 0.29) is 28.4 Å². The van der Waals surface area contributed by atoms with Crippen molar-refractivity contribution in [2.45, 2.75) is 70.4 Å². The van der Waals surface area contributed by atoms with Gasteiger partial charge in [-0.15, -0.1) is 0 Å². The summed E-state index contributed by atoms with van der Waals surface area (Å²) in [5.41, 5.74) is 7.53. The second-order valence-corrected chi connectivity index (χ2v) is 8.90. The van der Waals surface area contributed by atoms with Crippen molar-refractivity contribution in [2.24, 2.45) is 28.4 Å². The minimum Gasteiger partial charge on any atom is -0.508 e. The van der Waals surface area contributed by atoms with E-state index in [9.17, 15) is 19.7 Å². The molecule has 5 N–H and O–H groups in total. The van der Waals surface area contributed by atoms with E-state index in [0.717, 1.165) is 24.0 Å². The number of aliphatic hydroxyl groups is 3. The molecule has 0 bridgehead atoms. The van der Waals surface area contributed by atoms with Gasteiger partial charge in [0.25, 0.3) is 0 Å². The molecule has 4 rings (SSSR count). The van der Waals surface area contributed by atoms with E-state index in [1.807, 2.05) is 0 Å². The summed E-state index contributed by atoms with van der Waals surface area (Å²) in [4.78, 5) is 0. The van der Waals surface area contributed by atoms with Crippen LogP contribution in [0.15, 0.2) is 23.0 Å². The van der Waals surface area contributed by atoms with Gasteiger partial charge in [0, 0.05) is 6.04 Å². The SMILES string of the molecule is C[C@]12CC(O)C(O)CC1=CC(O)=C1[C@H]2CC[C@]2(C)C(N)C(F)C[C@@H]12. The summed E-state index contributed by atoms with van der Waals surface area (Å²) in [5.74, 6) is 0.295. The number of aliphatic hydroxyl groups excluding tert-OH is 3. The van der Waals surface area contributed by atoms with Gasteiger partial charge in [-0.2, -0.15) is 0 Å². The summed E-state index contributed by atoms with van der Waals surface area (Å²) in [5, 5.41) is 31.0. The molecule has 134 valence electrons. The number of hydrogen-bond donors (Lipinski definition) is 4. The van der Waals surface area contributed by atoms with Gasteiger partial charge < -0.3 is 21.1 Å². The third kappa shape index (κ3) is 1.95. The van der Waals surface area contributed by atoms with Crippen molar-refractivity contribution < 1.29 is 19.7 Å². The Hall–Kier alpha value is -0.910. The molecule has 4 nitrogen and oxygen atoms in total. The lowest BCUT2D eigenvalue weighted by atomic mass is 9.50. The second-order valence-electron chi connectivity index (χ2n) is 8.90. The highest BCUT2D eigenvalue weighted by Crippen LogP contribution is 2.64. The minimum absolute atomic E-state index is 0.0418. The monoisotopic (exact) mass is 337 g/mol. The van der Waals surface area contributed by atoms with E-state index in [0.29, 0.717) is 19.3 Å². The van der Waals surface area contributed by atoms with Crippen molar-refractivity contribution in [1.82, 2.24) is 0 Å². The molecule has 0 heterocycles. The van der Waals surface area contributed by atoms with Crippen molar-refractivity contribution in [1.29, 1.82) is 0 Å². The van der Waals surface area contributed by atoms with Crippen LogP contribution in [0.25, 0.3) is 0 Å². The summed E-state index contributed by atoms with van der Waals surface area (Å²) >= 11 is 0. The number of fused-ring (bicyclic) bond motifs is 5. The van der Waals surface area contributed by atoms with E-state index in [1.165, 1.54) is 0 Å². The van der Waals surface area contributed by atoms with Crippen LogP contribution < -0.4 is 5.73 Å². The third-order valence-corrected chi connectivity index (χ3v) is 7.75. The first kappa shape index (κ1) is 16.6. The molecular weight excluding hydrogens is 309 g/mol. The molecule has 8 atom stereocenters. The van der Waals surface area contributed by atoms with Gasteiger partial charge in [0.2, 0.25) is 0 Å². The van der Waals surface area contributed by atoms with Crippen LogP contribution in [0.4, 0.5) is 4.39 Å². The number of halogens is 1. The second kappa shape index (κ2) is 5.05. The molecule has 24 heavy (non-hydrogen) atoms. The fourth-order valence-corrected chi connectivity index (χ4v) is 6.12. The average Bonchev–Trinajstić information content (AvgIpc) is 2.74. The highest BCUT2D eigenvalue weighted by atomic mass is 19.1. The van der Waals surface area contributed by atoms with Crippen molar-refractivity contribution in [3.05, 3.63) is 23.0 Å². The molecule has 0 amide bonds. The zero-order valence-electron chi connectivity index (χ0n) is 14.4. The average molecular weight is 337 g/mol. The van der Waals surface area contributed by atoms with Crippen LogP contribution in [0.5, 0.6) is 0 Å². The normalized spacial score (nSPS) is 54.0. The zero-order valence-corrected chi connectivity index (χ0v) is 14.4. The number of alkyl halides is 1. The van der Waals surface area contributed by atoms with Gasteiger partial charge in [0.15, 0.2) is 0 Å². The van der Waals surface area contributed by atoms with E-state index >= 15 is 0 Å². The van der Waals surface area contributed by atoms with Gasteiger partial charge >= 0.3 is 0 Å². The fourth-order valence-electron chi connectivity index (χ4n) is 6.12. The van der Waals surface area contributed by atoms with Crippen LogP contribution in [0.2, 0.25) is 0 Å². The summed E-state index contributed by atoms with van der Waals surface area (Å²) in [7, 11) is 0. The van der Waals surface area contributed by atoms with Gasteiger partial charge in [-0.3, -0.25) is 0 Å². The third-order valence-electron chi connectivity index (χ3n) is 7.75. The van der Waals surface area contributed by atoms with Gasteiger partial charge in [-0.05, 0) is 66.4 Å². The van der Waals surface area contributed by atoms with Gasteiger partial charge in [-0.1, -0.05) is 19.4 Å². The van der Waals surface area contributed by atoms with Crippen LogP contribution >= 0.6 is 0 Å². The molecule has 0 aromatic heterocycles. The van der Waals surface area contributed by atoms with E-state index < -0.39 is 24.4 Å². The van der Waals surface area contributed by atoms with Crippen molar-refractivity contribution >= 4 is 0 Å². The maximum atomic E-state index is 14.4. The summed E-state index contributed by atoms with van der Waals surface area (Å²) in [6.07, 6.45) is 2.13. The Balaban J connectivity index is 1.80. The Morgan fingerprint density at radius 3 is 2.62 bits per heavy atom. The molecule has 0 aromatic carbocycles. The Morgan fingerprint density at radius 1 is 1.21 bits per heavy atom. The van der Waals surface area contributed by atoms with E-state index in [1.54, 1.807) is 6.08 Å². The maximum Gasteiger partial charge on any atom is 0.116 e. The molecule has 0 aliphatic heterocycles. The molecule has 4 unspecified atom stereocenters. The molecule has 4 aliphatic rings. The number of nitrogens with two attached hydrogens (primary N) is 1. The predicted octanol–water partition coefficient (Wildman–Crippen LogP) is 2.36. The molecular formula is C19H28FNO3. The van der Waals surface area contributed by atoms with E-state index in [4.69, 9.17) is 5.73 Å². The number of allylic oxidation sites excluding steroid dienone is 2. The Labute approximate surface area is 142 Å². The standard InChI is InChI=1S/C19H28FNO3/c1-18-4-3-10-16(11(18)7-12(20)17(18)21)14(23)6-9-5-13(22)15(24)8-19(9,10)2/h6,10-13,15,17,22-24H,3-5,7-8,21H2,1-2H3/t10-,11+,12?,13?,15?,17?,18+,19+/m1/s1. The smallest absolute Gasteiger partial charge is 0.116 e. The molecule has 3 fully saturated rings. The number of hydrogen-bond acceptors (Lipinski definition) is 4. The highest BCUT2D eigenvalue weighted by molar-refractivity contribution is 5.42. The van der Waals surface area contributed by atoms with Crippen molar-refractivity contribution in [3.63, 3.8) is 0 Å². The quantitative estimate of drug-likeness (QED) is 0.546. The largest absolute Gasteiger partial charge is 0.508 e. The highest BCUT2D eigenvalue weighted by Gasteiger charge is 2.60. The molecule has 4 aliphatic carbocycles. The van der Waals surface area contributed by atoms with Gasteiger partial charge in [0.05, 0.1) is 12.2 Å². The molecule has 3 saturated carbocycles. The van der Waals surface area contributed by atoms with E-state index in [2.05, 4.69) is 13.8 Å². The zero-order chi connectivity index (χ0) is 17.4. The fraction of sp³-hybridized carbons (Fsp3) is 0.789. The lowest BCUT2D eigenvalue weighted by Crippen LogP contribution is -2.52. The first-order valence-corrected chi connectivity index (χ1v) is 9.08. The van der Waals surface area contributed by atoms with Gasteiger partial charge in [-0.25, -0.2) is 4.39 Å². The molecule has 0 radical (unpaired) electrons. The molecule has 0 spiro atoms. The van der Waals surface area contributed by atoms with Crippen LogP contribution in [-0.2, 0) is 0 Å². The van der Waals surface area contributed by atoms with Crippen molar-refractivity contribution in [3.8, 4) is 0 Å². The predicted molar refractivity (Wildman–Crippen MR) is 88.9 cm³/mol. The molecule has 0 aromatic rings. The van der Waals surface area contributed by atoms with Crippen LogP contribution in [0, 0.1) is 22.7 Å².